The molecule has 1 fully saturated rings. The average Bonchev–Trinajstić information content (AvgIpc) is 3.22. The number of nitro benzene ring substituents is 1. The fraction of sp³-hybridized carbons (Fsp3) is 0.462. The SMILES string of the molecule is CN(CCNC(=O)c1ccc([N+](=O)[O-])c(O)c1)C1CC1. The van der Waals surface area contributed by atoms with Crippen molar-refractivity contribution in [3.05, 3.63) is 33.9 Å². The maximum Gasteiger partial charge on any atom is 0.310 e. The van der Waals surface area contributed by atoms with Gasteiger partial charge in [0.15, 0.2) is 5.75 Å². The monoisotopic (exact) mass is 279 g/mol. The largest absolute Gasteiger partial charge is 0.502 e. The topological polar surface area (TPSA) is 95.7 Å². The van der Waals surface area contributed by atoms with Crippen LogP contribution in [0.2, 0.25) is 0 Å². The van der Waals surface area contributed by atoms with E-state index in [-0.39, 0.29) is 11.5 Å². The number of carbonyl (C=O) groups is 1. The molecule has 0 bridgehead atoms. The van der Waals surface area contributed by atoms with Gasteiger partial charge in [0.2, 0.25) is 0 Å². The van der Waals surface area contributed by atoms with Crippen LogP contribution in [-0.2, 0) is 0 Å². The van der Waals surface area contributed by atoms with E-state index in [0.29, 0.717) is 12.6 Å². The van der Waals surface area contributed by atoms with Crippen molar-refractivity contribution in [2.24, 2.45) is 0 Å². The number of aromatic hydroxyl groups is 1. The summed E-state index contributed by atoms with van der Waals surface area (Å²) in [5.41, 5.74) is -0.197. The van der Waals surface area contributed by atoms with Crippen molar-refractivity contribution in [3.63, 3.8) is 0 Å². The highest BCUT2D eigenvalue weighted by atomic mass is 16.6. The molecule has 0 atom stereocenters. The van der Waals surface area contributed by atoms with Gasteiger partial charge >= 0.3 is 5.69 Å². The molecule has 0 unspecified atom stereocenters. The number of benzene rings is 1. The van der Waals surface area contributed by atoms with Gasteiger partial charge in [0.1, 0.15) is 0 Å². The molecule has 0 aromatic heterocycles. The van der Waals surface area contributed by atoms with Gasteiger partial charge in [0.25, 0.3) is 5.91 Å². The first kappa shape index (κ1) is 14.3. The van der Waals surface area contributed by atoms with Crippen molar-refractivity contribution in [2.75, 3.05) is 20.1 Å². The van der Waals surface area contributed by atoms with Crippen LogP contribution < -0.4 is 5.32 Å². The number of hydrogen-bond donors (Lipinski definition) is 2. The standard InChI is InChI=1S/C13H17N3O4/c1-15(10-3-4-10)7-6-14-13(18)9-2-5-11(16(19)20)12(17)8-9/h2,5,8,10,17H,3-4,6-7H2,1H3,(H,14,18). The number of carbonyl (C=O) groups excluding carboxylic acids is 1. The Hall–Kier alpha value is -2.15. The second kappa shape index (κ2) is 5.87. The summed E-state index contributed by atoms with van der Waals surface area (Å²) in [6.07, 6.45) is 2.42. The molecule has 2 rings (SSSR count). The Balaban J connectivity index is 1.88. The predicted molar refractivity (Wildman–Crippen MR) is 72.7 cm³/mol. The van der Waals surface area contributed by atoms with Crippen LogP contribution in [-0.4, -0.2) is 47.0 Å². The lowest BCUT2D eigenvalue weighted by Crippen LogP contribution is -2.33. The van der Waals surface area contributed by atoms with E-state index in [1.54, 1.807) is 0 Å². The molecule has 1 aliphatic rings. The van der Waals surface area contributed by atoms with Crippen LogP contribution in [0.1, 0.15) is 23.2 Å². The first-order chi connectivity index (χ1) is 9.49. The Morgan fingerprint density at radius 3 is 2.80 bits per heavy atom. The first-order valence-electron chi connectivity index (χ1n) is 6.45. The molecule has 1 amide bonds. The van der Waals surface area contributed by atoms with E-state index in [1.165, 1.54) is 18.9 Å². The average molecular weight is 279 g/mol. The van der Waals surface area contributed by atoms with Crippen molar-refractivity contribution >= 4 is 11.6 Å². The molecule has 0 saturated heterocycles. The van der Waals surface area contributed by atoms with Crippen molar-refractivity contribution < 1.29 is 14.8 Å². The summed E-state index contributed by atoms with van der Waals surface area (Å²) < 4.78 is 0. The second-order valence-electron chi connectivity index (χ2n) is 4.93. The van der Waals surface area contributed by atoms with Crippen LogP contribution in [0.4, 0.5) is 5.69 Å². The number of nitrogens with one attached hydrogen (secondary N) is 1. The second-order valence-corrected chi connectivity index (χ2v) is 4.93. The highest BCUT2D eigenvalue weighted by Crippen LogP contribution is 2.26. The summed E-state index contributed by atoms with van der Waals surface area (Å²) in [5.74, 6) is -0.850. The van der Waals surface area contributed by atoms with E-state index in [9.17, 15) is 20.0 Å². The van der Waals surface area contributed by atoms with E-state index in [2.05, 4.69) is 10.2 Å². The maximum atomic E-state index is 11.8. The minimum Gasteiger partial charge on any atom is -0.502 e. The highest BCUT2D eigenvalue weighted by Gasteiger charge is 2.25. The minimum absolute atomic E-state index is 0.210. The van der Waals surface area contributed by atoms with Gasteiger partial charge in [-0.25, -0.2) is 0 Å². The smallest absolute Gasteiger partial charge is 0.310 e. The quantitative estimate of drug-likeness (QED) is 0.601. The Kier molecular flexibility index (Phi) is 4.19. The molecule has 1 aromatic rings. The first-order valence-corrected chi connectivity index (χ1v) is 6.45. The third-order valence-corrected chi connectivity index (χ3v) is 3.35. The van der Waals surface area contributed by atoms with Crippen LogP contribution in [0, 0.1) is 10.1 Å². The summed E-state index contributed by atoms with van der Waals surface area (Å²) >= 11 is 0. The van der Waals surface area contributed by atoms with Gasteiger partial charge < -0.3 is 15.3 Å². The number of nitrogens with zero attached hydrogens (tertiary/aromatic N) is 2. The summed E-state index contributed by atoms with van der Waals surface area (Å²) in [5, 5.41) is 22.8. The lowest BCUT2D eigenvalue weighted by molar-refractivity contribution is -0.385. The third kappa shape index (κ3) is 3.45. The molecule has 108 valence electrons. The number of likely N-dealkylation sites (N-methyl/N-ethyl adjacent to an activating group) is 1. The summed E-state index contributed by atoms with van der Waals surface area (Å²) in [6.45, 7) is 1.26. The molecule has 20 heavy (non-hydrogen) atoms. The van der Waals surface area contributed by atoms with Crippen LogP contribution in [0.25, 0.3) is 0 Å². The van der Waals surface area contributed by atoms with Crippen molar-refractivity contribution in [3.8, 4) is 5.75 Å². The van der Waals surface area contributed by atoms with Crippen molar-refractivity contribution in [1.29, 1.82) is 0 Å². The highest BCUT2D eigenvalue weighted by molar-refractivity contribution is 5.95. The zero-order chi connectivity index (χ0) is 14.7. The fourth-order valence-corrected chi connectivity index (χ4v) is 1.96. The van der Waals surface area contributed by atoms with Gasteiger partial charge in [-0.05, 0) is 32.0 Å². The Bertz CT molecular complexity index is 528. The number of amides is 1. The van der Waals surface area contributed by atoms with Gasteiger partial charge in [-0.3, -0.25) is 14.9 Å². The molecular weight excluding hydrogens is 262 g/mol. The van der Waals surface area contributed by atoms with Gasteiger partial charge in [-0.1, -0.05) is 0 Å². The Labute approximate surface area is 116 Å². The fourth-order valence-electron chi connectivity index (χ4n) is 1.96. The normalized spacial score (nSPS) is 14.3. The van der Waals surface area contributed by atoms with Crippen LogP contribution >= 0.6 is 0 Å². The molecule has 1 aromatic carbocycles. The number of rotatable bonds is 6. The molecule has 1 saturated carbocycles. The molecule has 0 spiro atoms. The summed E-state index contributed by atoms with van der Waals surface area (Å²) in [6, 6.07) is 4.20. The maximum absolute atomic E-state index is 11.8. The molecule has 7 heteroatoms. The van der Waals surface area contributed by atoms with Crippen LogP contribution in [0.5, 0.6) is 5.75 Å². The van der Waals surface area contributed by atoms with E-state index < -0.39 is 16.4 Å². The summed E-state index contributed by atoms with van der Waals surface area (Å²) in [7, 11) is 2.02. The molecule has 0 heterocycles. The number of nitro groups is 1. The molecule has 0 aliphatic heterocycles. The van der Waals surface area contributed by atoms with Crippen LogP contribution in [0.15, 0.2) is 18.2 Å². The molecule has 2 N–H and O–H groups in total. The molecular formula is C13H17N3O4. The molecule has 0 radical (unpaired) electrons. The van der Waals surface area contributed by atoms with Crippen LogP contribution in [0.3, 0.4) is 0 Å². The molecule has 7 nitrogen and oxygen atoms in total. The third-order valence-electron chi connectivity index (χ3n) is 3.35. The molecule has 1 aliphatic carbocycles. The van der Waals surface area contributed by atoms with Gasteiger partial charge in [0.05, 0.1) is 4.92 Å². The van der Waals surface area contributed by atoms with Gasteiger partial charge in [-0.15, -0.1) is 0 Å². The van der Waals surface area contributed by atoms with E-state index in [0.717, 1.165) is 18.7 Å². The summed E-state index contributed by atoms with van der Waals surface area (Å²) in [4.78, 5) is 23.9. The zero-order valence-corrected chi connectivity index (χ0v) is 11.2. The lowest BCUT2D eigenvalue weighted by atomic mass is 10.2. The zero-order valence-electron chi connectivity index (χ0n) is 11.2. The van der Waals surface area contributed by atoms with E-state index in [1.807, 2.05) is 7.05 Å². The van der Waals surface area contributed by atoms with E-state index >= 15 is 0 Å². The Morgan fingerprint density at radius 1 is 1.55 bits per heavy atom. The van der Waals surface area contributed by atoms with Crippen molar-refractivity contribution in [1.82, 2.24) is 10.2 Å². The minimum atomic E-state index is -0.693. The lowest BCUT2D eigenvalue weighted by Gasteiger charge is -2.15. The number of hydrogen-bond acceptors (Lipinski definition) is 5. The predicted octanol–water partition coefficient (Wildman–Crippen LogP) is 1.12. The van der Waals surface area contributed by atoms with Gasteiger partial charge in [0, 0.05) is 30.8 Å². The number of phenols is 1. The Morgan fingerprint density at radius 2 is 2.25 bits per heavy atom. The van der Waals surface area contributed by atoms with Gasteiger partial charge in [-0.2, -0.15) is 0 Å². The van der Waals surface area contributed by atoms with E-state index in [4.69, 9.17) is 0 Å². The number of phenolic OH excluding ortho intramolecular Hbond substituents is 1. The van der Waals surface area contributed by atoms with Crippen molar-refractivity contribution in [2.45, 2.75) is 18.9 Å².